The molecule has 1 aliphatic rings. The molecule has 0 heterocycles. The zero-order valence-electron chi connectivity index (χ0n) is 15.7. The smallest absolute Gasteiger partial charge is 0.282 e. The van der Waals surface area contributed by atoms with Crippen LogP contribution in [0.5, 0.6) is 0 Å². The van der Waals surface area contributed by atoms with Crippen molar-refractivity contribution in [1.29, 1.82) is 0 Å². The van der Waals surface area contributed by atoms with Gasteiger partial charge in [0.2, 0.25) is 5.78 Å². The number of nitrogens with one attached hydrogen (secondary N) is 1. The Labute approximate surface area is 169 Å². The predicted octanol–water partition coefficient (Wildman–Crippen LogP) is 4.37. The lowest BCUT2D eigenvalue weighted by atomic mass is 9.92. The lowest BCUT2D eigenvalue weighted by Gasteiger charge is -2.19. The molecule has 0 fully saturated rings. The van der Waals surface area contributed by atoms with E-state index in [0.29, 0.717) is 11.1 Å². The molecule has 0 saturated carbocycles. The lowest BCUT2D eigenvalue weighted by Crippen LogP contribution is -2.22. The van der Waals surface area contributed by atoms with Crippen molar-refractivity contribution in [3.8, 4) is 0 Å². The topological polar surface area (TPSA) is 75.6 Å². The molecule has 0 atom stereocenters. The summed E-state index contributed by atoms with van der Waals surface area (Å²) in [6.45, 7) is 1.96. The van der Waals surface area contributed by atoms with Gasteiger partial charge in [0.1, 0.15) is 0 Å². The van der Waals surface area contributed by atoms with Crippen LogP contribution in [0, 0.1) is 6.92 Å². The molecule has 1 N–H and O–H groups in total. The standard InChI is InChI=1S/C23H18N2O3S/c1-16-8-7-9-17(14-16)24-22-15-21(19-12-5-6-13-20(19)23(22)26)25-29(27,28)18-10-3-2-4-11-18/h2-15,24H,1H3. The lowest BCUT2D eigenvalue weighted by molar-refractivity contribution is 0.103. The zero-order valence-corrected chi connectivity index (χ0v) is 16.5. The van der Waals surface area contributed by atoms with E-state index in [2.05, 4.69) is 9.71 Å². The molecule has 6 heteroatoms. The quantitative estimate of drug-likeness (QED) is 0.703. The molecular formula is C23H18N2O3S. The van der Waals surface area contributed by atoms with Crippen molar-refractivity contribution in [3.63, 3.8) is 0 Å². The van der Waals surface area contributed by atoms with Gasteiger partial charge in [-0.3, -0.25) is 4.79 Å². The molecule has 144 valence electrons. The summed E-state index contributed by atoms with van der Waals surface area (Å²) in [5.41, 5.74) is 3.18. The van der Waals surface area contributed by atoms with Crippen molar-refractivity contribution in [2.45, 2.75) is 11.8 Å². The molecule has 0 radical (unpaired) electrons. The highest BCUT2D eigenvalue weighted by Crippen LogP contribution is 2.25. The van der Waals surface area contributed by atoms with Crippen LogP contribution in [-0.4, -0.2) is 19.9 Å². The number of benzene rings is 3. The highest BCUT2D eigenvalue weighted by atomic mass is 32.2. The van der Waals surface area contributed by atoms with Crippen molar-refractivity contribution >= 4 is 27.2 Å². The van der Waals surface area contributed by atoms with Crippen LogP contribution in [0.25, 0.3) is 0 Å². The maximum Gasteiger partial charge on any atom is 0.282 e. The molecule has 0 aliphatic heterocycles. The van der Waals surface area contributed by atoms with Crippen LogP contribution in [0.1, 0.15) is 21.5 Å². The third kappa shape index (κ3) is 3.88. The van der Waals surface area contributed by atoms with E-state index in [9.17, 15) is 13.2 Å². The van der Waals surface area contributed by atoms with Crippen LogP contribution in [0.4, 0.5) is 5.69 Å². The third-order valence-corrected chi connectivity index (χ3v) is 5.83. The average Bonchev–Trinajstić information content (AvgIpc) is 2.72. The van der Waals surface area contributed by atoms with Gasteiger partial charge in [0.05, 0.1) is 16.3 Å². The van der Waals surface area contributed by atoms with Gasteiger partial charge in [-0.2, -0.15) is 12.8 Å². The number of allylic oxidation sites excluding steroid dienone is 2. The van der Waals surface area contributed by atoms with E-state index >= 15 is 0 Å². The minimum absolute atomic E-state index is 0.100. The summed E-state index contributed by atoms with van der Waals surface area (Å²) in [5.74, 6) is -0.210. The monoisotopic (exact) mass is 402 g/mol. The Morgan fingerprint density at radius 1 is 0.828 bits per heavy atom. The Morgan fingerprint density at radius 2 is 1.52 bits per heavy atom. The SMILES string of the molecule is Cc1cccc(NC2=CC(=NS(=O)(=O)c3ccccc3)c3ccccc3C2=O)c1. The van der Waals surface area contributed by atoms with Gasteiger partial charge >= 0.3 is 0 Å². The van der Waals surface area contributed by atoms with Crippen molar-refractivity contribution in [1.82, 2.24) is 0 Å². The number of anilines is 1. The van der Waals surface area contributed by atoms with Gasteiger partial charge in [-0.15, -0.1) is 0 Å². The van der Waals surface area contributed by atoms with Gasteiger partial charge in [-0.05, 0) is 42.8 Å². The highest BCUT2D eigenvalue weighted by molar-refractivity contribution is 7.90. The van der Waals surface area contributed by atoms with Crippen molar-refractivity contribution in [3.05, 3.63) is 107 Å². The number of carbonyl (C=O) groups excluding carboxylic acids is 1. The first-order chi connectivity index (χ1) is 13.9. The first-order valence-corrected chi connectivity index (χ1v) is 10.5. The van der Waals surface area contributed by atoms with Crippen LogP contribution >= 0.6 is 0 Å². The number of fused-ring (bicyclic) bond motifs is 1. The van der Waals surface area contributed by atoms with E-state index in [1.807, 2.05) is 31.2 Å². The molecule has 1 aliphatic carbocycles. The minimum atomic E-state index is -3.92. The minimum Gasteiger partial charge on any atom is -0.352 e. The second-order valence-corrected chi connectivity index (χ2v) is 8.30. The highest BCUT2D eigenvalue weighted by Gasteiger charge is 2.26. The number of nitrogens with zero attached hydrogens (tertiary/aromatic N) is 1. The second-order valence-electron chi connectivity index (χ2n) is 6.69. The van der Waals surface area contributed by atoms with Crippen molar-refractivity contribution < 1.29 is 13.2 Å². The number of aryl methyl sites for hydroxylation is 1. The summed E-state index contributed by atoms with van der Waals surface area (Å²) in [4.78, 5) is 13.1. The van der Waals surface area contributed by atoms with Crippen LogP contribution in [0.3, 0.4) is 0 Å². The Hall–Kier alpha value is -3.51. The maximum atomic E-state index is 13.0. The molecule has 29 heavy (non-hydrogen) atoms. The maximum absolute atomic E-state index is 13.0. The Balaban J connectivity index is 1.82. The van der Waals surface area contributed by atoms with Crippen molar-refractivity contribution in [2.75, 3.05) is 5.32 Å². The fourth-order valence-electron chi connectivity index (χ4n) is 3.15. The number of sulfonamides is 1. The average molecular weight is 402 g/mol. The molecule has 4 rings (SSSR count). The molecule has 3 aromatic rings. The Morgan fingerprint density at radius 3 is 2.24 bits per heavy atom. The first-order valence-electron chi connectivity index (χ1n) is 9.03. The number of Topliss-reactive ketones (excluding diaryl/α,β-unsaturated/α-hetero) is 1. The predicted molar refractivity (Wildman–Crippen MR) is 114 cm³/mol. The second kappa shape index (κ2) is 7.48. The number of ketones is 1. The normalized spacial score (nSPS) is 15.0. The largest absolute Gasteiger partial charge is 0.352 e. The van der Waals surface area contributed by atoms with Crippen LogP contribution < -0.4 is 5.32 Å². The van der Waals surface area contributed by atoms with Gasteiger partial charge in [0.25, 0.3) is 10.0 Å². The summed E-state index contributed by atoms with van der Waals surface area (Å²) in [6, 6.07) is 22.5. The molecule has 0 bridgehead atoms. The number of rotatable bonds is 4. The number of hydrogen-bond donors (Lipinski definition) is 1. The summed E-state index contributed by atoms with van der Waals surface area (Å²) >= 11 is 0. The molecule has 0 amide bonds. The van der Waals surface area contributed by atoms with Gasteiger partial charge in [-0.1, -0.05) is 54.6 Å². The van der Waals surface area contributed by atoms with E-state index in [0.717, 1.165) is 11.3 Å². The number of carbonyl (C=O) groups is 1. The molecule has 0 saturated heterocycles. The zero-order chi connectivity index (χ0) is 20.4. The van der Waals surface area contributed by atoms with Gasteiger partial charge in [-0.25, -0.2) is 0 Å². The van der Waals surface area contributed by atoms with Crippen molar-refractivity contribution in [2.24, 2.45) is 4.40 Å². The summed E-state index contributed by atoms with van der Waals surface area (Å²) in [6.07, 6.45) is 1.49. The van der Waals surface area contributed by atoms with E-state index in [1.54, 1.807) is 42.5 Å². The van der Waals surface area contributed by atoms with Crippen LogP contribution in [0.15, 0.2) is 99.9 Å². The van der Waals surface area contributed by atoms with Gasteiger partial charge < -0.3 is 5.32 Å². The van der Waals surface area contributed by atoms with Gasteiger partial charge in [0.15, 0.2) is 0 Å². The fraction of sp³-hybridized carbons (Fsp3) is 0.0435. The first kappa shape index (κ1) is 18.8. The van der Waals surface area contributed by atoms with Gasteiger partial charge in [0, 0.05) is 16.8 Å². The summed E-state index contributed by atoms with van der Waals surface area (Å²) in [7, 11) is -3.92. The van der Waals surface area contributed by atoms with E-state index in [1.165, 1.54) is 18.2 Å². The Kier molecular flexibility index (Phi) is 4.86. The molecule has 5 nitrogen and oxygen atoms in total. The molecule has 0 spiro atoms. The molecular weight excluding hydrogens is 384 g/mol. The van der Waals surface area contributed by atoms with E-state index in [4.69, 9.17) is 0 Å². The molecule has 0 unspecified atom stereocenters. The molecule has 0 aromatic heterocycles. The van der Waals surface area contributed by atoms with Crippen LogP contribution in [0.2, 0.25) is 0 Å². The molecule has 3 aromatic carbocycles. The van der Waals surface area contributed by atoms with Crippen LogP contribution in [-0.2, 0) is 10.0 Å². The number of hydrogen-bond acceptors (Lipinski definition) is 4. The summed E-state index contributed by atoms with van der Waals surface area (Å²) in [5, 5.41) is 3.10. The third-order valence-electron chi connectivity index (χ3n) is 4.53. The Bertz CT molecular complexity index is 1260. The van der Waals surface area contributed by atoms with E-state index in [-0.39, 0.29) is 22.1 Å². The summed E-state index contributed by atoms with van der Waals surface area (Å²) < 4.78 is 29.6. The van der Waals surface area contributed by atoms with E-state index < -0.39 is 10.0 Å². The fourth-order valence-corrected chi connectivity index (χ4v) is 4.17.